The lowest BCUT2D eigenvalue weighted by Crippen LogP contribution is -2.41. The molecule has 28 heavy (non-hydrogen) atoms. The van der Waals surface area contributed by atoms with Gasteiger partial charge in [0.05, 0.1) is 12.1 Å². The summed E-state index contributed by atoms with van der Waals surface area (Å²) in [7, 11) is 0. The number of halogens is 2. The van der Waals surface area contributed by atoms with E-state index in [1.54, 1.807) is 18.3 Å². The van der Waals surface area contributed by atoms with Gasteiger partial charge in [0.25, 0.3) is 0 Å². The summed E-state index contributed by atoms with van der Waals surface area (Å²) in [6, 6.07) is 11.9. The molecule has 0 amide bonds. The summed E-state index contributed by atoms with van der Waals surface area (Å²) in [5.41, 5.74) is 1.60. The van der Waals surface area contributed by atoms with E-state index in [-0.39, 0.29) is 0 Å². The highest BCUT2D eigenvalue weighted by Gasteiger charge is 2.33. The van der Waals surface area contributed by atoms with E-state index in [9.17, 15) is 0 Å². The van der Waals surface area contributed by atoms with E-state index in [4.69, 9.17) is 21.9 Å². The Morgan fingerprint density at radius 1 is 1.36 bits per heavy atom. The number of aromatic nitrogens is 1. The van der Waals surface area contributed by atoms with Crippen molar-refractivity contribution >= 4 is 39.3 Å². The molecule has 8 heteroatoms. The lowest BCUT2D eigenvalue weighted by atomic mass is 10.2. The number of benzene rings is 1. The van der Waals surface area contributed by atoms with Crippen LogP contribution in [0, 0.1) is 17.2 Å². The minimum absolute atomic E-state index is 0.477. The molecule has 2 aromatic rings. The molecule has 3 rings (SSSR count). The summed E-state index contributed by atoms with van der Waals surface area (Å²) in [6.07, 6.45) is 2.72. The number of anilines is 1. The van der Waals surface area contributed by atoms with E-state index < -0.39 is 0 Å². The van der Waals surface area contributed by atoms with Crippen LogP contribution in [-0.4, -0.2) is 30.1 Å². The molecular formula is C20H22BrClN6. The number of pyridine rings is 1. The highest BCUT2D eigenvalue weighted by atomic mass is 79.9. The summed E-state index contributed by atoms with van der Waals surface area (Å²) in [4.78, 5) is 8.90. The second kappa shape index (κ2) is 9.76. The van der Waals surface area contributed by atoms with Crippen molar-refractivity contribution in [3.63, 3.8) is 0 Å². The van der Waals surface area contributed by atoms with Gasteiger partial charge in [0.2, 0.25) is 0 Å². The van der Waals surface area contributed by atoms with Crippen molar-refractivity contribution in [3.8, 4) is 6.07 Å². The molecule has 0 aliphatic heterocycles. The van der Waals surface area contributed by atoms with Gasteiger partial charge in [-0.15, -0.1) is 0 Å². The lowest BCUT2D eigenvalue weighted by molar-refractivity contribution is 0.759. The Bertz CT molecular complexity index is 857. The first-order valence-electron chi connectivity index (χ1n) is 9.13. The maximum absolute atomic E-state index is 8.81. The second-order valence-electron chi connectivity index (χ2n) is 6.80. The van der Waals surface area contributed by atoms with Crippen LogP contribution in [0.2, 0.25) is 5.02 Å². The van der Waals surface area contributed by atoms with Crippen molar-refractivity contribution in [3.05, 3.63) is 57.2 Å². The Morgan fingerprint density at radius 2 is 2.18 bits per heavy atom. The summed E-state index contributed by atoms with van der Waals surface area (Å²) in [5, 5.41) is 19.6. The fourth-order valence-electron chi connectivity index (χ4n) is 2.66. The van der Waals surface area contributed by atoms with Crippen LogP contribution < -0.4 is 16.0 Å². The molecule has 1 fully saturated rings. The molecule has 1 aliphatic carbocycles. The molecule has 1 saturated carbocycles. The third-order valence-corrected chi connectivity index (χ3v) is 5.07. The van der Waals surface area contributed by atoms with Gasteiger partial charge in [-0.1, -0.05) is 34.5 Å². The number of guanidine groups is 1. The Labute approximate surface area is 178 Å². The normalized spacial score (nSPS) is 18.3. The topological polar surface area (TPSA) is 85.1 Å². The number of nitriles is 1. The minimum atomic E-state index is 0.477. The predicted octanol–water partition coefficient (Wildman–Crippen LogP) is 3.92. The van der Waals surface area contributed by atoms with E-state index in [1.165, 1.54) is 0 Å². The highest BCUT2D eigenvalue weighted by molar-refractivity contribution is 9.10. The standard InChI is InChI=1S/C20H22BrClN6/c1-13-6-18(13)28-20(27-12-15-7-16(21)9-17(22)8-15)25-5-4-24-19-3-2-14(10-23)11-26-19/h2-3,7-9,11,13,18H,4-6,12H2,1H3,(H,24,26)(H2,25,27,28). The molecule has 1 aromatic heterocycles. The number of hydrogen-bond donors (Lipinski definition) is 3. The van der Waals surface area contributed by atoms with Crippen molar-refractivity contribution in [2.75, 3.05) is 18.4 Å². The van der Waals surface area contributed by atoms with Gasteiger partial charge in [-0.3, -0.25) is 0 Å². The smallest absolute Gasteiger partial charge is 0.191 e. The molecule has 3 N–H and O–H groups in total. The van der Waals surface area contributed by atoms with Crippen LogP contribution in [-0.2, 0) is 6.54 Å². The van der Waals surface area contributed by atoms with Gasteiger partial charge in [0.1, 0.15) is 11.9 Å². The Hall–Kier alpha value is -2.30. The first-order chi connectivity index (χ1) is 13.5. The molecule has 1 heterocycles. The summed E-state index contributed by atoms with van der Waals surface area (Å²) in [6.45, 7) is 4.14. The van der Waals surface area contributed by atoms with Crippen LogP contribution in [0.25, 0.3) is 0 Å². The van der Waals surface area contributed by atoms with Crippen LogP contribution in [0.5, 0.6) is 0 Å². The van der Waals surface area contributed by atoms with Crippen molar-refractivity contribution in [1.29, 1.82) is 5.26 Å². The zero-order chi connectivity index (χ0) is 19.9. The Kier molecular flexibility index (Phi) is 7.12. The number of hydrogen-bond acceptors (Lipinski definition) is 4. The second-order valence-corrected chi connectivity index (χ2v) is 8.16. The van der Waals surface area contributed by atoms with Crippen LogP contribution >= 0.6 is 27.5 Å². The van der Waals surface area contributed by atoms with Gasteiger partial charge in [0.15, 0.2) is 5.96 Å². The van der Waals surface area contributed by atoms with Gasteiger partial charge in [0, 0.05) is 34.8 Å². The highest BCUT2D eigenvalue weighted by Crippen LogP contribution is 2.28. The summed E-state index contributed by atoms with van der Waals surface area (Å²) >= 11 is 9.58. The maximum Gasteiger partial charge on any atom is 0.191 e. The van der Waals surface area contributed by atoms with Gasteiger partial charge in [-0.05, 0) is 48.2 Å². The van der Waals surface area contributed by atoms with Crippen molar-refractivity contribution < 1.29 is 0 Å². The average Bonchev–Trinajstić information content (AvgIpc) is 3.37. The van der Waals surface area contributed by atoms with Crippen LogP contribution in [0.3, 0.4) is 0 Å². The number of rotatable bonds is 7. The largest absolute Gasteiger partial charge is 0.368 e. The quantitative estimate of drug-likeness (QED) is 0.330. The van der Waals surface area contributed by atoms with Gasteiger partial charge >= 0.3 is 0 Å². The monoisotopic (exact) mass is 460 g/mol. The minimum Gasteiger partial charge on any atom is -0.368 e. The molecule has 0 spiro atoms. The number of nitrogens with one attached hydrogen (secondary N) is 3. The summed E-state index contributed by atoms with van der Waals surface area (Å²) in [5.74, 6) is 2.21. The molecule has 146 valence electrons. The maximum atomic E-state index is 8.81. The van der Waals surface area contributed by atoms with Crippen molar-refractivity contribution in [1.82, 2.24) is 15.6 Å². The van der Waals surface area contributed by atoms with Crippen molar-refractivity contribution in [2.45, 2.75) is 25.9 Å². The van der Waals surface area contributed by atoms with Gasteiger partial charge in [-0.25, -0.2) is 9.98 Å². The molecule has 1 aromatic carbocycles. The third kappa shape index (κ3) is 6.39. The third-order valence-electron chi connectivity index (χ3n) is 4.39. The SMILES string of the molecule is CC1CC1NC(=NCc1cc(Cl)cc(Br)c1)NCCNc1ccc(C#N)cn1. The molecule has 0 saturated heterocycles. The number of nitrogens with zero attached hydrogens (tertiary/aromatic N) is 3. The van der Waals surface area contributed by atoms with Crippen LogP contribution in [0.15, 0.2) is 46.0 Å². The van der Waals surface area contributed by atoms with E-state index in [1.807, 2.05) is 18.2 Å². The Balaban J connectivity index is 1.52. The fraction of sp³-hybridized carbons (Fsp3) is 0.350. The lowest BCUT2D eigenvalue weighted by Gasteiger charge is -2.13. The van der Waals surface area contributed by atoms with E-state index >= 15 is 0 Å². The van der Waals surface area contributed by atoms with E-state index in [0.717, 1.165) is 28.2 Å². The zero-order valence-corrected chi connectivity index (χ0v) is 17.9. The first kappa shape index (κ1) is 20.4. The molecule has 2 unspecified atom stereocenters. The van der Waals surface area contributed by atoms with Crippen molar-refractivity contribution in [2.24, 2.45) is 10.9 Å². The first-order valence-corrected chi connectivity index (χ1v) is 10.3. The zero-order valence-electron chi connectivity index (χ0n) is 15.5. The molecular weight excluding hydrogens is 440 g/mol. The van der Waals surface area contributed by atoms with E-state index in [0.29, 0.717) is 42.2 Å². The molecule has 2 atom stereocenters. The average molecular weight is 462 g/mol. The molecule has 1 aliphatic rings. The molecule has 0 radical (unpaired) electrons. The summed E-state index contributed by atoms with van der Waals surface area (Å²) < 4.78 is 0.947. The van der Waals surface area contributed by atoms with Gasteiger partial charge < -0.3 is 16.0 Å². The van der Waals surface area contributed by atoms with Crippen LogP contribution in [0.4, 0.5) is 5.82 Å². The van der Waals surface area contributed by atoms with Crippen LogP contribution in [0.1, 0.15) is 24.5 Å². The van der Waals surface area contributed by atoms with Gasteiger partial charge in [-0.2, -0.15) is 5.26 Å². The molecule has 0 bridgehead atoms. The van der Waals surface area contributed by atoms with E-state index in [2.05, 4.69) is 49.9 Å². The predicted molar refractivity (Wildman–Crippen MR) is 116 cm³/mol. The number of aliphatic imine (C=N–C) groups is 1. The Morgan fingerprint density at radius 3 is 2.82 bits per heavy atom. The molecule has 6 nitrogen and oxygen atoms in total. The fourth-order valence-corrected chi connectivity index (χ4v) is 3.59.